The number of aryl methyl sites for hydroxylation is 1. The molecule has 0 spiro atoms. The summed E-state index contributed by atoms with van der Waals surface area (Å²) in [5.41, 5.74) is 5.84. The number of piperidine rings is 1. The first-order chi connectivity index (χ1) is 15.2. The second kappa shape index (κ2) is 8.28. The number of nitrogens with zero attached hydrogens (tertiary/aromatic N) is 3. The van der Waals surface area contributed by atoms with Gasteiger partial charge in [0.2, 0.25) is 0 Å². The summed E-state index contributed by atoms with van der Waals surface area (Å²) in [6.07, 6.45) is 5.20. The summed E-state index contributed by atoms with van der Waals surface area (Å²) < 4.78 is 5.65. The summed E-state index contributed by atoms with van der Waals surface area (Å²) in [5, 5.41) is 11.4. The molecule has 1 aliphatic rings. The molecule has 1 aromatic carbocycles. The number of ether oxygens (including phenoxy) is 1. The summed E-state index contributed by atoms with van der Waals surface area (Å²) in [6.45, 7) is 3.64. The molecule has 4 heterocycles. The Morgan fingerprint density at radius 1 is 1.16 bits per heavy atom. The van der Waals surface area contributed by atoms with Gasteiger partial charge in [-0.2, -0.15) is 5.10 Å². The van der Waals surface area contributed by atoms with Gasteiger partial charge in [-0.3, -0.25) is 15.1 Å². The molecule has 5 rings (SSSR count). The van der Waals surface area contributed by atoms with Crippen molar-refractivity contribution in [2.75, 3.05) is 13.1 Å². The van der Waals surface area contributed by atoms with Crippen LogP contribution < -0.4 is 5.32 Å². The third kappa shape index (κ3) is 4.04. The van der Waals surface area contributed by atoms with Crippen LogP contribution in [0.3, 0.4) is 0 Å². The van der Waals surface area contributed by atoms with E-state index in [1.54, 1.807) is 12.4 Å². The SMILES string of the molecule is Cc1cccc(-c2[nH]ncc2-c2ccc3ncc(C(=O)O[C@H]4CCCNC4)cc3c2)n1. The minimum absolute atomic E-state index is 0.0846. The highest BCUT2D eigenvalue weighted by atomic mass is 16.5. The number of nitrogens with one attached hydrogen (secondary N) is 2. The number of carbonyl (C=O) groups is 1. The van der Waals surface area contributed by atoms with Gasteiger partial charge in [0.1, 0.15) is 6.10 Å². The Labute approximate surface area is 179 Å². The predicted octanol–water partition coefficient (Wildman–Crippen LogP) is 3.90. The van der Waals surface area contributed by atoms with E-state index in [1.807, 2.05) is 49.4 Å². The third-order valence-electron chi connectivity index (χ3n) is 5.54. The summed E-state index contributed by atoms with van der Waals surface area (Å²) in [4.78, 5) is 21.7. The topological polar surface area (TPSA) is 92.8 Å². The predicted molar refractivity (Wildman–Crippen MR) is 119 cm³/mol. The zero-order valence-electron chi connectivity index (χ0n) is 17.3. The number of H-pyrrole nitrogens is 1. The number of hydrogen-bond acceptors (Lipinski definition) is 6. The average molecular weight is 413 g/mol. The van der Waals surface area contributed by atoms with E-state index in [2.05, 4.69) is 25.5 Å². The first-order valence-electron chi connectivity index (χ1n) is 10.5. The lowest BCUT2D eigenvalue weighted by molar-refractivity contribution is 0.0245. The van der Waals surface area contributed by atoms with Crippen LogP contribution in [-0.4, -0.2) is 45.3 Å². The highest BCUT2D eigenvalue weighted by Gasteiger charge is 2.19. The van der Waals surface area contributed by atoms with E-state index in [9.17, 15) is 4.79 Å². The van der Waals surface area contributed by atoms with Gasteiger partial charge in [-0.25, -0.2) is 4.79 Å². The van der Waals surface area contributed by atoms with Crippen molar-refractivity contribution in [3.05, 3.63) is 66.1 Å². The molecule has 1 fully saturated rings. The molecule has 0 amide bonds. The van der Waals surface area contributed by atoms with Crippen LogP contribution in [0.1, 0.15) is 28.9 Å². The Hall–Kier alpha value is -3.58. The summed E-state index contributed by atoms with van der Waals surface area (Å²) in [7, 11) is 0. The minimum Gasteiger partial charge on any atom is -0.457 e. The van der Waals surface area contributed by atoms with Gasteiger partial charge in [0.15, 0.2) is 0 Å². The highest BCUT2D eigenvalue weighted by Crippen LogP contribution is 2.31. The molecule has 0 radical (unpaired) electrons. The van der Waals surface area contributed by atoms with Crippen LogP contribution in [0.2, 0.25) is 0 Å². The summed E-state index contributed by atoms with van der Waals surface area (Å²) >= 11 is 0. The maximum atomic E-state index is 12.6. The van der Waals surface area contributed by atoms with Crippen LogP contribution in [0.5, 0.6) is 0 Å². The van der Waals surface area contributed by atoms with E-state index < -0.39 is 0 Å². The van der Waals surface area contributed by atoms with Crippen molar-refractivity contribution in [3.8, 4) is 22.5 Å². The zero-order valence-corrected chi connectivity index (χ0v) is 17.3. The normalized spacial score (nSPS) is 16.4. The Balaban J connectivity index is 1.46. The molecule has 0 saturated carbocycles. The zero-order chi connectivity index (χ0) is 21.2. The van der Waals surface area contributed by atoms with E-state index in [1.165, 1.54) is 0 Å². The lowest BCUT2D eigenvalue weighted by atomic mass is 10.0. The Bertz CT molecular complexity index is 1240. The molecule has 31 heavy (non-hydrogen) atoms. The van der Waals surface area contributed by atoms with E-state index in [4.69, 9.17) is 4.74 Å². The highest BCUT2D eigenvalue weighted by molar-refractivity contribution is 5.95. The quantitative estimate of drug-likeness (QED) is 0.493. The number of carbonyl (C=O) groups excluding carboxylic acids is 1. The molecular formula is C24H23N5O2. The van der Waals surface area contributed by atoms with Crippen molar-refractivity contribution in [1.29, 1.82) is 0 Å². The number of aromatic nitrogens is 4. The second-order valence-corrected chi connectivity index (χ2v) is 7.83. The standard InChI is InChI=1S/C24H23N5O2/c1-15-4-2-6-22(28-15)23-20(14-27-29-23)16-7-8-21-17(10-16)11-18(12-26-21)24(30)31-19-5-3-9-25-13-19/h2,4,6-8,10-12,14,19,25H,3,5,9,13H2,1H3,(H,27,29)/t19-/m0/s1. The molecule has 0 unspecified atom stereocenters. The lowest BCUT2D eigenvalue weighted by Gasteiger charge is -2.22. The maximum absolute atomic E-state index is 12.6. The number of hydrogen-bond donors (Lipinski definition) is 2. The molecule has 2 N–H and O–H groups in total. The van der Waals surface area contributed by atoms with Crippen LogP contribution in [0.4, 0.5) is 0 Å². The smallest absolute Gasteiger partial charge is 0.340 e. The minimum atomic E-state index is -0.332. The number of esters is 1. The van der Waals surface area contributed by atoms with Gasteiger partial charge in [-0.1, -0.05) is 12.1 Å². The Kier molecular flexibility index (Phi) is 5.18. The van der Waals surface area contributed by atoms with Crippen molar-refractivity contribution in [2.45, 2.75) is 25.9 Å². The monoisotopic (exact) mass is 413 g/mol. The summed E-state index contributed by atoms with van der Waals surface area (Å²) in [5.74, 6) is -0.332. The van der Waals surface area contributed by atoms with Crippen LogP contribution in [0.25, 0.3) is 33.4 Å². The average Bonchev–Trinajstić information content (AvgIpc) is 3.29. The Morgan fingerprint density at radius 3 is 2.94 bits per heavy atom. The van der Waals surface area contributed by atoms with E-state index >= 15 is 0 Å². The molecule has 4 aromatic rings. The molecular weight excluding hydrogens is 390 g/mol. The van der Waals surface area contributed by atoms with Crippen LogP contribution in [-0.2, 0) is 4.74 Å². The van der Waals surface area contributed by atoms with Gasteiger partial charge in [-0.05, 0) is 62.2 Å². The maximum Gasteiger partial charge on any atom is 0.340 e. The van der Waals surface area contributed by atoms with Gasteiger partial charge in [0, 0.05) is 29.4 Å². The van der Waals surface area contributed by atoms with Gasteiger partial charge >= 0.3 is 5.97 Å². The fourth-order valence-corrected chi connectivity index (χ4v) is 3.93. The van der Waals surface area contributed by atoms with Crippen LogP contribution in [0, 0.1) is 6.92 Å². The number of pyridine rings is 2. The van der Waals surface area contributed by atoms with Crippen molar-refractivity contribution in [1.82, 2.24) is 25.5 Å². The second-order valence-electron chi connectivity index (χ2n) is 7.83. The molecule has 1 aliphatic heterocycles. The van der Waals surface area contributed by atoms with Crippen molar-refractivity contribution < 1.29 is 9.53 Å². The summed E-state index contributed by atoms with van der Waals surface area (Å²) in [6, 6.07) is 13.7. The Morgan fingerprint density at radius 2 is 2.10 bits per heavy atom. The van der Waals surface area contributed by atoms with Crippen LogP contribution >= 0.6 is 0 Å². The molecule has 3 aromatic heterocycles. The van der Waals surface area contributed by atoms with Crippen molar-refractivity contribution in [2.24, 2.45) is 0 Å². The molecule has 7 nitrogen and oxygen atoms in total. The number of rotatable bonds is 4. The number of fused-ring (bicyclic) bond motifs is 1. The van der Waals surface area contributed by atoms with Crippen LogP contribution in [0.15, 0.2) is 54.9 Å². The molecule has 1 saturated heterocycles. The fourth-order valence-electron chi connectivity index (χ4n) is 3.93. The van der Waals surface area contributed by atoms with Crippen molar-refractivity contribution >= 4 is 16.9 Å². The van der Waals surface area contributed by atoms with Gasteiger partial charge in [0.05, 0.1) is 28.7 Å². The van der Waals surface area contributed by atoms with Crippen molar-refractivity contribution in [3.63, 3.8) is 0 Å². The van der Waals surface area contributed by atoms with E-state index in [0.29, 0.717) is 12.1 Å². The molecule has 0 aliphatic carbocycles. The molecule has 156 valence electrons. The largest absolute Gasteiger partial charge is 0.457 e. The third-order valence-corrected chi connectivity index (χ3v) is 5.54. The van der Waals surface area contributed by atoms with E-state index in [-0.39, 0.29) is 12.1 Å². The van der Waals surface area contributed by atoms with Gasteiger partial charge in [0.25, 0.3) is 0 Å². The molecule has 0 bridgehead atoms. The number of aromatic amines is 1. The van der Waals surface area contributed by atoms with E-state index in [0.717, 1.165) is 58.5 Å². The van der Waals surface area contributed by atoms with Gasteiger partial charge in [-0.15, -0.1) is 0 Å². The molecule has 7 heteroatoms. The fraction of sp³-hybridized carbons (Fsp3) is 0.250. The first kappa shape index (κ1) is 19.4. The van der Waals surface area contributed by atoms with Gasteiger partial charge < -0.3 is 10.1 Å². The number of benzene rings is 1. The first-order valence-corrected chi connectivity index (χ1v) is 10.5. The lowest BCUT2D eigenvalue weighted by Crippen LogP contribution is -2.36. The molecule has 1 atom stereocenters.